The third kappa shape index (κ3) is 2.94. The molecule has 0 aliphatic carbocycles. The van der Waals surface area contributed by atoms with Crippen molar-refractivity contribution in [3.63, 3.8) is 0 Å². The number of hydrogen-bond donors (Lipinski definition) is 0. The Balaban J connectivity index is 1.81. The Labute approximate surface area is 99.3 Å². The number of methoxy groups -OCH3 is 1. The number of piperazine rings is 1. The Kier molecular flexibility index (Phi) is 3.58. The number of hydrogen-bond acceptors (Lipinski definition) is 6. The van der Waals surface area contributed by atoms with Gasteiger partial charge in [0.05, 0.1) is 13.7 Å². The molecule has 0 saturated carbocycles. The molecule has 0 radical (unpaired) electrons. The summed E-state index contributed by atoms with van der Waals surface area (Å²) in [4.78, 5) is 15.1. The van der Waals surface area contributed by atoms with Gasteiger partial charge in [-0.25, -0.2) is 4.79 Å². The third-order valence-corrected chi connectivity index (χ3v) is 2.73. The van der Waals surface area contributed by atoms with E-state index in [2.05, 4.69) is 19.8 Å². The van der Waals surface area contributed by atoms with E-state index >= 15 is 0 Å². The molecule has 1 amide bonds. The van der Waals surface area contributed by atoms with Crippen LogP contribution in [0.3, 0.4) is 0 Å². The highest BCUT2D eigenvalue weighted by Crippen LogP contribution is 2.08. The SMILES string of the molecule is COC(=O)N1CCN(Cc2nnc(C)o2)CC1. The molecule has 0 bridgehead atoms. The normalized spacial score (nSPS) is 17.2. The molecule has 17 heavy (non-hydrogen) atoms. The van der Waals surface area contributed by atoms with Crippen LogP contribution in [0.25, 0.3) is 0 Å². The van der Waals surface area contributed by atoms with E-state index in [4.69, 9.17) is 4.42 Å². The van der Waals surface area contributed by atoms with Crippen LogP contribution in [0.2, 0.25) is 0 Å². The molecule has 1 aliphatic heterocycles. The minimum Gasteiger partial charge on any atom is -0.453 e. The molecule has 0 atom stereocenters. The van der Waals surface area contributed by atoms with Gasteiger partial charge in [0.15, 0.2) is 0 Å². The Hall–Kier alpha value is -1.63. The summed E-state index contributed by atoms with van der Waals surface area (Å²) in [5.41, 5.74) is 0. The first-order valence-corrected chi connectivity index (χ1v) is 5.53. The number of rotatable bonds is 2. The summed E-state index contributed by atoms with van der Waals surface area (Å²) < 4.78 is 9.99. The molecule has 1 saturated heterocycles. The zero-order valence-corrected chi connectivity index (χ0v) is 10.0. The highest BCUT2D eigenvalue weighted by molar-refractivity contribution is 5.67. The van der Waals surface area contributed by atoms with E-state index in [0.717, 1.165) is 13.1 Å². The minimum absolute atomic E-state index is 0.265. The summed E-state index contributed by atoms with van der Waals surface area (Å²) in [6, 6.07) is 0. The first-order valence-electron chi connectivity index (χ1n) is 5.53. The number of ether oxygens (including phenoxy) is 1. The molecule has 2 rings (SSSR count). The Bertz CT molecular complexity index is 385. The van der Waals surface area contributed by atoms with Crippen LogP contribution in [0.1, 0.15) is 11.8 Å². The largest absolute Gasteiger partial charge is 0.453 e. The zero-order valence-electron chi connectivity index (χ0n) is 10.0. The summed E-state index contributed by atoms with van der Waals surface area (Å²) in [5, 5.41) is 7.73. The van der Waals surface area contributed by atoms with Gasteiger partial charge in [-0.15, -0.1) is 10.2 Å². The Morgan fingerprint density at radius 3 is 2.59 bits per heavy atom. The summed E-state index contributed by atoms with van der Waals surface area (Å²) in [7, 11) is 1.40. The van der Waals surface area contributed by atoms with Gasteiger partial charge >= 0.3 is 6.09 Å². The minimum atomic E-state index is -0.265. The maximum absolute atomic E-state index is 11.3. The van der Waals surface area contributed by atoms with Crippen molar-refractivity contribution in [2.75, 3.05) is 33.3 Å². The van der Waals surface area contributed by atoms with Crippen LogP contribution >= 0.6 is 0 Å². The van der Waals surface area contributed by atoms with Gasteiger partial charge in [-0.3, -0.25) is 4.90 Å². The topological polar surface area (TPSA) is 71.7 Å². The predicted molar refractivity (Wildman–Crippen MR) is 58.3 cm³/mol. The Morgan fingerprint density at radius 2 is 2.06 bits per heavy atom. The number of nitrogens with zero attached hydrogens (tertiary/aromatic N) is 4. The van der Waals surface area contributed by atoms with Crippen LogP contribution in [0.4, 0.5) is 4.79 Å². The molecule has 0 spiro atoms. The lowest BCUT2D eigenvalue weighted by Crippen LogP contribution is -2.48. The van der Waals surface area contributed by atoms with Crippen LogP contribution < -0.4 is 0 Å². The first-order chi connectivity index (χ1) is 8.19. The van der Waals surface area contributed by atoms with Crippen LogP contribution in [0.5, 0.6) is 0 Å². The van der Waals surface area contributed by atoms with Crippen molar-refractivity contribution in [3.8, 4) is 0 Å². The molecule has 0 unspecified atom stereocenters. The van der Waals surface area contributed by atoms with E-state index in [9.17, 15) is 4.79 Å². The lowest BCUT2D eigenvalue weighted by atomic mass is 10.3. The maximum atomic E-state index is 11.3. The average molecular weight is 240 g/mol. The molecule has 0 N–H and O–H groups in total. The van der Waals surface area contributed by atoms with Crippen molar-refractivity contribution in [2.45, 2.75) is 13.5 Å². The van der Waals surface area contributed by atoms with Gasteiger partial charge < -0.3 is 14.1 Å². The van der Waals surface area contributed by atoms with E-state index in [0.29, 0.717) is 31.4 Å². The quantitative estimate of drug-likeness (QED) is 0.738. The highest BCUT2D eigenvalue weighted by Gasteiger charge is 2.22. The molecule has 0 aromatic carbocycles. The number of amides is 1. The maximum Gasteiger partial charge on any atom is 0.409 e. The lowest BCUT2D eigenvalue weighted by molar-refractivity contribution is 0.0859. The van der Waals surface area contributed by atoms with Crippen molar-refractivity contribution in [1.82, 2.24) is 20.0 Å². The van der Waals surface area contributed by atoms with Gasteiger partial charge in [-0.1, -0.05) is 0 Å². The monoisotopic (exact) mass is 240 g/mol. The van der Waals surface area contributed by atoms with Gasteiger partial charge in [0.2, 0.25) is 11.8 Å². The summed E-state index contributed by atoms with van der Waals surface area (Å²) >= 11 is 0. The standard InChI is InChI=1S/C10H16N4O3/c1-8-11-12-9(17-8)7-13-3-5-14(6-4-13)10(15)16-2/h3-7H2,1-2H3. The fourth-order valence-corrected chi connectivity index (χ4v) is 1.81. The van der Waals surface area contributed by atoms with Crippen molar-refractivity contribution in [2.24, 2.45) is 0 Å². The molecular weight excluding hydrogens is 224 g/mol. The highest BCUT2D eigenvalue weighted by atomic mass is 16.5. The zero-order chi connectivity index (χ0) is 12.3. The van der Waals surface area contributed by atoms with E-state index in [1.54, 1.807) is 11.8 Å². The molecular formula is C10H16N4O3. The fraction of sp³-hybridized carbons (Fsp3) is 0.700. The van der Waals surface area contributed by atoms with E-state index in [-0.39, 0.29) is 6.09 Å². The van der Waals surface area contributed by atoms with Crippen LogP contribution in [-0.2, 0) is 11.3 Å². The molecule has 7 nitrogen and oxygen atoms in total. The molecule has 1 aromatic rings. The molecule has 1 aromatic heterocycles. The number of aryl methyl sites for hydroxylation is 1. The van der Waals surface area contributed by atoms with Gasteiger partial charge in [-0.05, 0) is 0 Å². The number of carbonyl (C=O) groups excluding carboxylic acids is 1. The molecule has 7 heteroatoms. The predicted octanol–water partition coefficient (Wildman–Crippen LogP) is 0.262. The number of carbonyl (C=O) groups is 1. The van der Waals surface area contributed by atoms with Gasteiger partial charge in [-0.2, -0.15) is 0 Å². The van der Waals surface area contributed by atoms with E-state index in [1.807, 2.05) is 0 Å². The lowest BCUT2D eigenvalue weighted by Gasteiger charge is -2.32. The van der Waals surface area contributed by atoms with Crippen molar-refractivity contribution < 1.29 is 13.9 Å². The number of aromatic nitrogens is 2. The second kappa shape index (κ2) is 5.13. The molecule has 94 valence electrons. The second-order valence-electron chi connectivity index (χ2n) is 3.95. The van der Waals surface area contributed by atoms with Crippen molar-refractivity contribution >= 4 is 6.09 Å². The summed E-state index contributed by atoms with van der Waals surface area (Å²) in [6.07, 6.45) is -0.265. The van der Waals surface area contributed by atoms with Gasteiger partial charge in [0, 0.05) is 33.1 Å². The van der Waals surface area contributed by atoms with E-state index < -0.39 is 0 Å². The van der Waals surface area contributed by atoms with Gasteiger partial charge in [0.1, 0.15) is 0 Å². The van der Waals surface area contributed by atoms with Crippen LogP contribution in [0, 0.1) is 6.92 Å². The average Bonchev–Trinajstić information content (AvgIpc) is 2.75. The fourth-order valence-electron chi connectivity index (χ4n) is 1.81. The summed E-state index contributed by atoms with van der Waals surface area (Å²) in [5.74, 6) is 1.20. The third-order valence-electron chi connectivity index (χ3n) is 2.73. The van der Waals surface area contributed by atoms with Crippen LogP contribution in [-0.4, -0.2) is 59.4 Å². The van der Waals surface area contributed by atoms with Gasteiger partial charge in [0.25, 0.3) is 0 Å². The molecule has 2 heterocycles. The second-order valence-corrected chi connectivity index (χ2v) is 3.95. The summed E-state index contributed by atoms with van der Waals surface area (Å²) in [6.45, 7) is 5.31. The van der Waals surface area contributed by atoms with Crippen molar-refractivity contribution in [1.29, 1.82) is 0 Å². The van der Waals surface area contributed by atoms with Crippen LogP contribution in [0.15, 0.2) is 4.42 Å². The molecule has 1 fully saturated rings. The first kappa shape index (κ1) is 11.8. The van der Waals surface area contributed by atoms with E-state index in [1.165, 1.54) is 7.11 Å². The van der Waals surface area contributed by atoms with Crippen molar-refractivity contribution in [3.05, 3.63) is 11.8 Å². The smallest absolute Gasteiger partial charge is 0.409 e. The Morgan fingerprint density at radius 1 is 1.35 bits per heavy atom. The molecule has 1 aliphatic rings.